The van der Waals surface area contributed by atoms with Gasteiger partial charge in [-0.1, -0.05) is 31.2 Å². The highest BCUT2D eigenvalue weighted by molar-refractivity contribution is 5.84. The van der Waals surface area contributed by atoms with E-state index in [4.69, 9.17) is 6.42 Å². The number of nitrogens with zero attached hydrogens (tertiary/aromatic N) is 3. The highest BCUT2D eigenvalue weighted by Crippen LogP contribution is 2.27. The van der Waals surface area contributed by atoms with Gasteiger partial charge in [-0.05, 0) is 31.4 Å². The molecule has 0 aromatic carbocycles. The Morgan fingerprint density at radius 3 is 2.77 bits per heavy atom. The van der Waals surface area contributed by atoms with Crippen LogP contribution in [-0.2, 0) is 16.1 Å². The van der Waals surface area contributed by atoms with E-state index in [2.05, 4.69) is 10.9 Å². The second-order valence-corrected chi connectivity index (χ2v) is 7.29. The Balaban J connectivity index is 1.67. The zero-order valence-corrected chi connectivity index (χ0v) is 15.3. The molecule has 5 nitrogen and oxygen atoms in total. The number of hydrogen-bond donors (Lipinski definition) is 0. The molecule has 0 radical (unpaired) electrons. The second-order valence-electron chi connectivity index (χ2n) is 7.29. The van der Waals surface area contributed by atoms with Gasteiger partial charge in [0, 0.05) is 25.2 Å². The van der Waals surface area contributed by atoms with Crippen LogP contribution in [0.4, 0.5) is 0 Å². The Morgan fingerprint density at radius 1 is 1.27 bits per heavy atom. The van der Waals surface area contributed by atoms with E-state index >= 15 is 0 Å². The number of amides is 2. The van der Waals surface area contributed by atoms with Crippen LogP contribution >= 0.6 is 0 Å². The van der Waals surface area contributed by atoms with Crippen LogP contribution in [0, 0.1) is 18.3 Å². The number of pyridine rings is 1. The van der Waals surface area contributed by atoms with Gasteiger partial charge in [0.05, 0.1) is 24.7 Å². The molecule has 0 N–H and O–H groups in total. The molecule has 1 aliphatic carbocycles. The van der Waals surface area contributed by atoms with E-state index in [1.54, 1.807) is 11.1 Å². The summed E-state index contributed by atoms with van der Waals surface area (Å²) in [6.45, 7) is 1.29. The van der Waals surface area contributed by atoms with Crippen molar-refractivity contribution in [1.29, 1.82) is 0 Å². The fourth-order valence-corrected chi connectivity index (χ4v) is 4.07. The maximum atomic E-state index is 13.2. The third kappa shape index (κ3) is 4.43. The van der Waals surface area contributed by atoms with E-state index in [0.717, 1.165) is 31.4 Å². The van der Waals surface area contributed by atoms with Crippen molar-refractivity contribution in [3.63, 3.8) is 0 Å². The van der Waals surface area contributed by atoms with Crippen molar-refractivity contribution in [3.8, 4) is 12.3 Å². The molecule has 3 rings (SSSR count). The van der Waals surface area contributed by atoms with E-state index < -0.39 is 0 Å². The molecule has 2 aliphatic rings. The molecule has 138 valence electrons. The number of carbonyl (C=O) groups is 2. The first kappa shape index (κ1) is 18.4. The molecular formula is C21H27N3O2. The average molecular weight is 353 g/mol. The summed E-state index contributed by atoms with van der Waals surface area (Å²) in [4.78, 5) is 33.4. The number of terminal acetylenes is 1. The first-order valence-electron chi connectivity index (χ1n) is 9.60. The third-order valence-corrected chi connectivity index (χ3v) is 5.49. The van der Waals surface area contributed by atoms with Crippen LogP contribution in [0.25, 0.3) is 0 Å². The number of carbonyl (C=O) groups excluding carboxylic acids is 2. The van der Waals surface area contributed by atoms with Gasteiger partial charge in [-0.3, -0.25) is 14.6 Å². The van der Waals surface area contributed by atoms with Gasteiger partial charge in [0.2, 0.25) is 11.8 Å². The molecule has 26 heavy (non-hydrogen) atoms. The normalized spacial score (nSPS) is 21.3. The molecule has 1 aromatic rings. The van der Waals surface area contributed by atoms with Crippen molar-refractivity contribution in [2.45, 2.75) is 57.5 Å². The SMILES string of the molecule is C#CCN(C(=O)[C@@H]1CCC(=O)N(Cc2ccccn2)C1)C1CCCCC1. The lowest BCUT2D eigenvalue weighted by atomic mass is 9.91. The molecule has 2 fully saturated rings. The number of aromatic nitrogens is 1. The van der Waals surface area contributed by atoms with Crippen LogP contribution in [-0.4, -0.2) is 45.7 Å². The van der Waals surface area contributed by atoms with Gasteiger partial charge < -0.3 is 9.80 Å². The van der Waals surface area contributed by atoms with Crippen molar-refractivity contribution in [2.75, 3.05) is 13.1 Å². The minimum atomic E-state index is -0.160. The van der Waals surface area contributed by atoms with Crippen LogP contribution in [0.5, 0.6) is 0 Å². The number of likely N-dealkylation sites (tertiary alicyclic amines) is 1. The van der Waals surface area contributed by atoms with Gasteiger partial charge in [0.1, 0.15) is 0 Å². The zero-order valence-electron chi connectivity index (χ0n) is 15.3. The maximum absolute atomic E-state index is 13.2. The van der Waals surface area contributed by atoms with E-state index in [1.807, 2.05) is 23.1 Å². The van der Waals surface area contributed by atoms with E-state index in [9.17, 15) is 9.59 Å². The molecule has 5 heteroatoms. The summed E-state index contributed by atoms with van der Waals surface area (Å²) in [5.74, 6) is 2.72. The molecule has 1 saturated heterocycles. The highest BCUT2D eigenvalue weighted by atomic mass is 16.2. The standard InChI is InChI=1S/C21H27N3O2/c1-2-14-24(19-9-4-3-5-10-19)21(26)17-11-12-20(25)23(15-17)16-18-8-6-7-13-22-18/h1,6-8,13,17,19H,3-5,9-12,14-16H2/t17-/m1/s1. The quantitative estimate of drug-likeness (QED) is 0.765. The lowest BCUT2D eigenvalue weighted by Gasteiger charge is -2.38. The monoisotopic (exact) mass is 353 g/mol. The maximum Gasteiger partial charge on any atom is 0.228 e. The second kappa shape index (κ2) is 8.84. The van der Waals surface area contributed by atoms with Gasteiger partial charge in [0.15, 0.2) is 0 Å². The summed E-state index contributed by atoms with van der Waals surface area (Å²) in [5.41, 5.74) is 0.849. The van der Waals surface area contributed by atoms with Gasteiger partial charge >= 0.3 is 0 Å². The van der Waals surface area contributed by atoms with Gasteiger partial charge in [-0.2, -0.15) is 0 Å². The molecule has 0 unspecified atom stereocenters. The van der Waals surface area contributed by atoms with Gasteiger partial charge in [-0.15, -0.1) is 6.42 Å². The van der Waals surface area contributed by atoms with Crippen molar-refractivity contribution >= 4 is 11.8 Å². The molecule has 2 heterocycles. The largest absolute Gasteiger partial charge is 0.336 e. The van der Waals surface area contributed by atoms with E-state index in [1.165, 1.54) is 6.42 Å². The van der Waals surface area contributed by atoms with Gasteiger partial charge in [0.25, 0.3) is 0 Å². The highest BCUT2D eigenvalue weighted by Gasteiger charge is 2.35. The van der Waals surface area contributed by atoms with Crippen molar-refractivity contribution in [3.05, 3.63) is 30.1 Å². The predicted octanol–water partition coefficient (Wildman–Crippen LogP) is 2.61. The topological polar surface area (TPSA) is 53.5 Å². The third-order valence-electron chi connectivity index (χ3n) is 5.49. The molecule has 0 spiro atoms. The van der Waals surface area contributed by atoms with Crippen molar-refractivity contribution in [2.24, 2.45) is 5.92 Å². The Bertz CT molecular complexity index is 662. The fraction of sp³-hybridized carbons (Fsp3) is 0.571. The van der Waals surface area contributed by atoms with Crippen LogP contribution in [0.15, 0.2) is 24.4 Å². The smallest absolute Gasteiger partial charge is 0.228 e. The van der Waals surface area contributed by atoms with Crippen molar-refractivity contribution in [1.82, 2.24) is 14.8 Å². The summed E-state index contributed by atoms with van der Waals surface area (Å²) in [5, 5.41) is 0. The van der Waals surface area contributed by atoms with Crippen molar-refractivity contribution < 1.29 is 9.59 Å². The first-order chi connectivity index (χ1) is 12.7. The molecule has 2 amide bonds. The average Bonchev–Trinajstić information content (AvgIpc) is 2.69. The summed E-state index contributed by atoms with van der Waals surface area (Å²) in [6, 6.07) is 5.94. The fourth-order valence-electron chi connectivity index (χ4n) is 4.07. The molecule has 1 saturated carbocycles. The predicted molar refractivity (Wildman–Crippen MR) is 99.8 cm³/mol. The van der Waals surface area contributed by atoms with E-state index in [-0.39, 0.29) is 23.8 Å². The Labute approximate surface area is 155 Å². The number of hydrogen-bond acceptors (Lipinski definition) is 3. The van der Waals surface area contributed by atoms with Gasteiger partial charge in [-0.25, -0.2) is 0 Å². The van der Waals surface area contributed by atoms with Crippen LogP contribution < -0.4 is 0 Å². The Kier molecular flexibility index (Phi) is 6.27. The lowest BCUT2D eigenvalue weighted by molar-refractivity contribution is -0.145. The lowest BCUT2D eigenvalue weighted by Crippen LogP contribution is -2.50. The zero-order chi connectivity index (χ0) is 18.4. The molecule has 1 atom stereocenters. The number of piperidine rings is 1. The van der Waals surface area contributed by atoms with Crippen LogP contribution in [0.3, 0.4) is 0 Å². The minimum absolute atomic E-state index is 0.0980. The Morgan fingerprint density at radius 2 is 2.08 bits per heavy atom. The number of rotatable bonds is 5. The summed E-state index contributed by atoms with van der Waals surface area (Å²) in [6.07, 6.45) is 13.9. The van der Waals surface area contributed by atoms with Crippen LogP contribution in [0.1, 0.15) is 50.6 Å². The molecule has 1 aromatic heterocycles. The molecular weight excluding hydrogens is 326 g/mol. The molecule has 1 aliphatic heterocycles. The molecule has 0 bridgehead atoms. The Hall–Kier alpha value is -2.35. The first-order valence-corrected chi connectivity index (χ1v) is 9.60. The summed E-state index contributed by atoms with van der Waals surface area (Å²) >= 11 is 0. The minimum Gasteiger partial charge on any atom is -0.336 e. The summed E-state index contributed by atoms with van der Waals surface area (Å²) in [7, 11) is 0. The summed E-state index contributed by atoms with van der Waals surface area (Å²) < 4.78 is 0. The van der Waals surface area contributed by atoms with Crippen LogP contribution in [0.2, 0.25) is 0 Å². The van der Waals surface area contributed by atoms with E-state index in [0.29, 0.717) is 32.5 Å².